The third-order valence-corrected chi connectivity index (χ3v) is 4.35. The second-order valence-corrected chi connectivity index (χ2v) is 5.62. The maximum Gasteiger partial charge on any atom is 0.0998 e. The summed E-state index contributed by atoms with van der Waals surface area (Å²) in [5, 5.41) is 15.1. The lowest BCUT2D eigenvalue weighted by Gasteiger charge is -2.28. The van der Waals surface area contributed by atoms with Gasteiger partial charge in [-0.25, -0.2) is 0 Å². The van der Waals surface area contributed by atoms with Crippen LogP contribution in [-0.2, 0) is 0 Å². The van der Waals surface area contributed by atoms with Gasteiger partial charge in [0.1, 0.15) is 0 Å². The highest BCUT2D eigenvalue weighted by atomic mass is 15.2. The van der Waals surface area contributed by atoms with Crippen molar-refractivity contribution in [2.75, 3.05) is 24.5 Å². The number of hydrogen-bond donors (Lipinski definition) is 1. The molecular weight excluding hydrogens is 258 g/mol. The predicted octanol–water partition coefficient (Wildman–Crippen LogP) is 3.29. The largest absolute Gasteiger partial charge is 0.370 e. The number of benzene rings is 2. The van der Waals surface area contributed by atoms with Crippen LogP contribution in [0.5, 0.6) is 0 Å². The van der Waals surface area contributed by atoms with E-state index in [4.69, 9.17) is 0 Å². The molecule has 0 amide bonds. The Kier molecular flexibility index (Phi) is 4.08. The molecule has 0 aromatic heterocycles. The van der Waals surface area contributed by atoms with Crippen molar-refractivity contribution in [2.45, 2.75) is 25.8 Å². The average molecular weight is 279 g/mol. The van der Waals surface area contributed by atoms with E-state index in [2.05, 4.69) is 41.4 Å². The van der Waals surface area contributed by atoms with Gasteiger partial charge in [0.25, 0.3) is 0 Å². The third kappa shape index (κ3) is 2.72. The molecular formula is C18H21N3. The third-order valence-electron chi connectivity index (χ3n) is 4.35. The molecule has 3 rings (SSSR count). The number of nitrogens with one attached hydrogen (secondary N) is 1. The van der Waals surface area contributed by atoms with Crippen molar-refractivity contribution in [3.05, 3.63) is 42.0 Å². The molecule has 0 spiro atoms. The van der Waals surface area contributed by atoms with Gasteiger partial charge in [0.2, 0.25) is 0 Å². The lowest BCUT2D eigenvalue weighted by atomic mass is 10.0. The fourth-order valence-electron chi connectivity index (χ4n) is 3.23. The van der Waals surface area contributed by atoms with Crippen LogP contribution in [0.4, 0.5) is 5.69 Å². The summed E-state index contributed by atoms with van der Waals surface area (Å²) in [6, 6.07) is 15.1. The highest BCUT2D eigenvalue weighted by molar-refractivity contribution is 5.97. The minimum absolute atomic E-state index is 0.583. The molecule has 3 nitrogen and oxygen atoms in total. The number of fused-ring (bicyclic) bond motifs is 1. The summed E-state index contributed by atoms with van der Waals surface area (Å²) in [6.45, 7) is 5.35. The van der Waals surface area contributed by atoms with Gasteiger partial charge in [0.15, 0.2) is 0 Å². The van der Waals surface area contributed by atoms with Gasteiger partial charge < -0.3 is 10.2 Å². The number of hydrogen-bond acceptors (Lipinski definition) is 3. The Morgan fingerprint density at radius 2 is 2.05 bits per heavy atom. The van der Waals surface area contributed by atoms with E-state index in [1.807, 2.05) is 18.2 Å². The number of anilines is 1. The van der Waals surface area contributed by atoms with Gasteiger partial charge in [-0.15, -0.1) is 0 Å². The molecule has 2 aromatic rings. The van der Waals surface area contributed by atoms with Gasteiger partial charge >= 0.3 is 0 Å². The highest BCUT2D eigenvalue weighted by Gasteiger charge is 2.18. The topological polar surface area (TPSA) is 39.1 Å². The van der Waals surface area contributed by atoms with Crippen LogP contribution in [0.1, 0.15) is 25.3 Å². The molecule has 1 aliphatic heterocycles. The van der Waals surface area contributed by atoms with Crippen LogP contribution < -0.4 is 10.2 Å². The van der Waals surface area contributed by atoms with Gasteiger partial charge in [0.05, 0.1) is 11.6 Å². The summed E-state index contributed by atoms with van der Waals surface area (Å²) in [7, 11) is 0. The Morgan fingerprint density at radius 3 is 2.71 bits per heavy atom. The van der Waals surface area contributed by atoms with Crippen LogP contribution in [0.25, 0.3) is 10.8 Å². The fourth-order valence-corrected chi connectivity index (χ4v) is 3.23. The molecule has 0 bridgehead atoms. The van der Waals surface area contributed by atoms with Crippen LogP contribution >= 0.6 is 0 Å². The van der Waals surface area contributed by atoms with Gasteiger partial charge in [-0.2, -0.15) is 5.26 Å². The summed E-state index contributed by atoms with van der Waals surface area (Å²) in [4.78, 5) is 2.42. The lowest BCUT2D eigenvalue weighted by Crippen LogP contribution is -2.37. The minimum Gasteiger partial charge on any atom is -0.370 e. The number of likely N-dealkylation sites (N-methyl/N-ethyl adjacent to an activating group) is 1. The van der Waals surface area contributed by atoms with Crippen LogP contribution in [0.2, 0.25) is 0 Å². The predicted molar refractivity (Wildman–Crippen MR) is 87.6 cm³/mol. The van der Waals surface area contributed by atoms with E-state index in [9.17, 15) is 5.26 Å². The van der Waals surface area contributed by atoms with Crippen molar-refractivity contribution >= 4 is 16.5 Å². The van der Waals surface area contributed by atoms with E-state index in [0.717, 1.165) is 30.6 Å². The van der Waals surface area contributed by atoms with Crippen molar-refractivity contribution in [3.8, 4) is 6.07 Å². The Hall–Kier alpha value is -2.05. The molecule has 3 heteroatoms. The number of nitriles is 1. The number of rotatable bonds is 4. The summed E-state index contributed by atoms with van der Waals surface area (Å²) in [6.07, 6.45) is 2.53. The average Bonchev–Trinajstić information content (AvgIpc) is 3.05. The molecule has 0 saturated carbocycles. The molecule has 0 radical (unpaired) electrons. The maximum absolute atomic E-state index is 9.28. The molecule has 21 heavy (non-hydrogen) atoms. The molecule has 108 valence electrons. The fraction of sp³-hybridized carbons (Fsp3) is 0.389. The maximum atomic E-state index is 9.28. The first-order chi connectivity index (χ1) is 10.3. The second-order valence-electron chi connectivity index (χ2n) is 5.62. The van der Waals surface area contributed by atoms with Gasteiger partial charge in [-0.05, 0) is 38.4 Å². The first-order valence-electron chi connectivity index (χ1n) is 7.73. The molecule has 2 aromatic carbocycles. The van der Waals surface area contributed by atoms with Crippen LogP contribution in [0.15, 0.2) is 36.4 Å². The van der Waals surface area contributed by atoms with E-state index in [-0.39, 0.29) is 0 Å². The monoisotopic (exact) mass is 279 g/mol. The second kappa shape index (κ2) is 6.15. The van der Waals surface area contributed by atoms with Crippen molar-refractivity contribution in [1.29, 1.82) is 5.26 Å². The zero-order valence-electron chi connectivity index (χ0n) is 12.5. The molecule has 1 N–H and O–H groups in total. The molecule has 1 atom stereocenters. The van der Waals surface area contributed by atoms with Gasteiger partial charge in [-0.3, -0.25) is 0 Å². The Labute approximate surface area is 126 Å². The number of nitrogens with zero attached hydrogens (tertiary/aromatic N) is 2. The van der Waals surface area contributed by atoms with Gasteiger partial charge in [0, 0.05) is 35.6 Å². The van der Waals surface area contributed by atoms with Crippen LogP contribution in [-0.4, -0.2) is 25.7 Å². The first kappa shape index (κ1) is 13.9. The molecule has 1 heterocycles. The molecule has 0 aliphatic carbocycles. The van der Waals surface area contributed by atoms with E-state index in [1.54, 1.807) is 0 Å². The van der Waals surface area contributed by atoms with Crippen LogP contribution in [0, 0.1) is 11.3 Å². The Morgan fingerprint density at radius 1 is 1.24 bits per heavy atom. The smallest absolute Gasteiger partial charge is 0.0998 e. The van der Waals surface area contributed by atoms with Gasteiger partial charge in [-0.1, -0.05) is 24.3 Å². The van der Waals surface area contributed by atoms with E-state index < -0.39 is 0 Å². The molecule has 1 fully saturated rings. The van der Waals surface area contributed by atoms with Crippen molar-refractivity contribution in [3.63, 3.8) is 0 Å². The zero-order valence-corrected chi connectivity index (χ0v) is 12.5. The minimum atomic E-state index is 0.583. The molecule has 1 aliphatic rings. The van der Waals surface area contributed by atoms with Crippen LogP contribution in [0.3, 0.4) is 0 Å². The summed E-state index contributed by atoms with van der Waals surface area (Å²) in [5.41, 5.74) is 1.99. The van der Waals surface area contributed by atoms with Crippen molar-refractivity contribution in [1.82, 2.24) is 5.32 Å². The Bertz CT molecular complexity index is 666. The van der Waals surface area contributed by atoms with E-state index in [0.29, 0.717) is 6.04 Å². The van der Waals surface area contributed by atoms with Crippen molar-refractivity contribution < 1.29 is 0 Å². The quantitative estimate of drug-likeness (QED) is 0.933. The summed E-state index contributed by atoms with van der Waals surface area (Å²) < 4.78 is 0. The standard InChI is InChI=1S/C18H21N3/c1-2-21(13-15-6-5-11-20-15)18-10-9-14(12-19)16-7-3-4-8-17(16)18/h3-4,7-10,15,20H,2,5-6,11,13H2,1H3. The molecule has 1 saturated heterocycles. The van der Waals surface area contributed by atoms with E-state index in [1.165, 1.54) is 23.9 Å². The first-order valence-corrected chi connectivity index (χ1v) is 7.73. The Balaban J connectivity index is 2.00. The van der Waals surface area contributed by atoms with Crippen molar-refractivity contribution in [2.24, 2.45) is 0 Å². The summed E-state index contributed by atoms with van der Waals surface area (Å²) in [5.74, 6) is 0. The molecule has 1 unspecified atom stereocenters. The zero-order chi connectivity index (χ0) is 14.7. The lowest BCUT2D eigenvalue weighted by molar-refractivity contribution is 0.587. The normalized spacial score (nSPS) is 17.8. The highest BCUT2D eigenvalue weighted by Crippen LogP contribution is 2.29. The van der Waals surface area contributed by atoms with E-state index >= 15 is 0 Å². The summed E-state index contributed by atoms with van der Waals surface area (Å²) >= 11 is 0. The SMILES string of the molecule is CCN(CC1CCCN1)c1ccc(C#N)c2ccccc12.